The molecule has 1 heterocycles. The van der Waals surface area contributed by atoms with E-state index in [2.05, 4.69) is 19.1 Å². The van der Waals surface area contributed by atoms with Gasteiger partial charge in [-0.1, -0.05) is 31.2 Å². The van der Waals surface area contributed by atoms with Crippen LogP contribution in [0.25, 0.3) is 0 Å². The highest BCUT2D eigenvalue weighted by Gasteiger charge is 2.26. The van der Waals surface area contributed by atoms with Gasteiger partial charge in [0, 0.05) is 32.2 Å². The Bertz CT molecular complexity index is 902. The normalized spacial score (nSPS) is 15.4. The molecule has 0 unspecified atom stereocenters. The Morgan fingerprint density at radius 2 is 1.57 bits per heavy atom. The average Bonchev–Trinajstić information content (AvgIpc) is 2.74. The fourth-order valence-corrected chi connectivity index (χ4v) is 4.56. The van der Waals surface area contributed by atoms with E-state index >= 15 is 0 Å². The van der Waals surface area contributed by atoms with Crippen LogP contribution in [-0.4, -0.2) is 56.9 Å². The summed E-state index contributed by atoms with van der Waals surface area (Å²) in [6, 6.07) is 14.3. The van der Waals surface area contributed by atoms with E-state index in [0.717, 1.165) is 12.0 Å². The number of ether oxygens (including phenoxy) is 1. The van der Waals surface area contributed by atoms with Crippen LogP contribution in [0, 0.1) is 0 Å². The number of amides is 1. The van der Waals surface area contributed by atoms with Gasteiger partial charge in [0.15, 0.2) is 0 Å². The zero-order valence-electron chi connectivity index (χ0n) is 16.3. The zero-order chi connectivity index (χ0) is 20.1. The van der Waals surface area contributed by atoms with Crippen molar-refractivity contribution in [2.24, 2.45) is 0 Å². The van der Waals surface area contributed by atoms with Crippen molar-refractivity contribution in [3.05, 3.63) is 65.2 Å². The van der Waals surface area contributed by atoms with E-state index < -0.39 is 10.0 Å². The molecule has 1 amide bonds. The van der Waals surface area contributed by atoms with Gasteiger partial charge >= 0.3 is 0 Å². The highest BCUT2D eigenvalue weighted by atomic mass is 32.2. The number of morpholine rings is 1. The fourth-order valence-electron chi connectivity index (χ4n) is 3.15. The maximum Gasteiger partial charge on any atom is 0.253 e. The van der Waals surface area contributed by atoms with Crippen molar-refractivity contribution in [1.29, 1.82) is 0 Å². The third-order valence-electron chi connectivity index (χ3n) is 4.91. The quantitative estimate of drug-likeness (QED) is 0.745. The Morgan fingerprint density at radius 3 is 2.14 bits per heavy atom. The molecule has 0 aromatic heterocycles. The van der Waals surface area contributed by atoms with Crippen molar-refractivity contribution in [3.8, 4) is 0 Å². The number of aryl methyl sites for hydroxylation is 1. The zero-order valence-corrected chi connectivity index (χ0v) is 17.1. The minimum Gasteiger partial charge on any atom is -0.379 e. The topological polar surface area (TPSA) is 66.9 Å². The van der Waals surface area contributed by atoms with Gasteiger partial charge in [-0.05, 0) is 41.8 Å². The smallest absolute Gasteiger partial charge is 0.253 e. The summed E-state index contributed by atoms with van der Waals surface area (Å²) in [6.45, 7) is 4.11. The Hall–Kier alpha value is -2.22. The molecule has 0 N–H and O–H groups in total. The van der Waals surface area contributed by atoms with Gasteiger partial charge in [0.25, 0.3) is 5.91 Å². The second-order valence-electron chi connectivity index (χ2n) is 6.87. The standard InChI is InChI=1S/C21H26N2O4S/c1-3-17-4-6-18(7-5-17)16-22(2)21(24)19-8-10-20(11-9-19)28(25,26)23-12-14-27-15-13-23/h4-11H,3,12-16H2,1-2H3. The summed E-state index contributed by atoms with van der Waals surface area (Å²) in [7, 11) is -1.81. The molecule has 0 atom stereocenters. The number of hydrogen-bond acceptors (Lipinski definition) is 4. The summed E-state index contributed by atoms with van der Waals surface area (Å²) in [5.74, 6) is -0.144. The number of nitrogens with zero attached hydrogens (tertiary/aromatic N) is 2. The molecule has 0 aliphatic carbocycles. The van der Waals surface area contributed by atoms with Gasteiger partial charge in [-0.2, -0.15) is 4.31 Å². The first-order valence-electron chi connectivity index (χ1n) is 9.43. The molecule has 2 aromatic carbocycles. The van der Waals surface area contributed by atoms with E-state index in [1.54, 1.807) is 24.1 Å². The largest absolute Gasteiger partial charge is 0.379 e. The first kappa shape index (κ1) is 20.5. The molecule has 28 heavy (non-hydrogen) atoms. The highest BCUT2D eigenvalue weighted by molar-refractivity contribution is 7.89. The van der Waals surface area contributed by atoms with Crippen molar-refractivity contribution >= 4 is 15.9 Å². The van der Waals surface area contributed by atoms with Gasteiger partial charge in [-0.25, -0.2) is 8.42 Å². The lowest BCUT2D eigenvalue weighted by Crippen LogP contribution is -2.40. The van der Waals surface area contributed by atoms with E-state index in [1.165, 1.54) is 22.0 Å². The first-order chi connectivity index (χ1) is 13.4. The molecule has 0 radical (unpaired) electrons. The number of benzene rings is 2. The van der Waals surface area contributed by atoms with Crippen LogP contribution >= 0.6 is 0 Å². The third kappa shape index (κ3) is 4.60. The van der Waals surface area contributed by atoms with Gasteiger partial charge in [0.05, 0.1) is 18.1 Å². The Morgan fingerprint density at radius 1 is 1.00 bits per heavy atom. The number of carbonyl (C=O) groups is 1. The minimum atomic E-state index is -3.55. The monoisotopic (exact) mass is 402 g/mol. The average molecular weight is 403 g/mol. The summed E-state index contributed by atoms with van der Waals surface area (Å²) < 4.78 is 32.0. The molecule has 0 bridgehead atoms. The van der Waals surface area contributed by atoms with E-state index in [1.807, 2.05) is 12.1 Å². The predicted molar refractivity (Wildman–Crippen MR) is 108 cm³/mol. The molecule has 1 aliphatic rings. The Kier molecular flexibility index (Phi) is 6.49. The molecule has 7 heteroatoms. The molecule has 3 rings (SSSR count). The molecule has 1 aliphatic heterocycles. The van der Waals surface area contributed by atoms with Gasteiger partial charge in [-0.15, -0.1) is 0 Å². The van der Waals surface area contributed by atoms with Crippen molar-refractivity contribution in [2.45, 2.75) is 24.8 Å². The summed E-state index contributed by atoms with van der Waals surface area (Å²) in [5, 5.41) is 0. The Labute approximate surface area is 166 Å². The molecule has 150 valence electrons. The van der Waals surface area contributed by atoms with E-state index in [0.29, 0.717) is 38.4 Å². The van der Waals surface area contributed by atoms with Crippen LogP contribution < -0.4 is 0 Å². The number of hydrogen-bond donors (Lipinski definition) is 0. The van der Waals surface area contributed by atoms with E-state index in [9.17, 15) is 13.2 Å². The third-order valence-corrected chi connectivity index (χ3v) is 6.82. The molecule has 1 fully saturated rings. The molecule has 6 nitrogen and oxygen atoms in total. The molecular weight excluding hydrogens is 376 g/mol. The molecule has 0 saturated carbocycles. The molecular formula is C21H26N2O4S. The van der Waals surface area contributed by atoms with Crippen molar-refractivity contribution in [3.63, 3.8) is 0 Å². The van der Waals surface area contributed by atoms with Gasteiger partial charge in [-0.3, -0.25) is 4.79 Å². The molecule has 1 saturated heterocycles. The number of carbonyl (C=O) groups excluding carboxylic acids is 1. The van der Waals surface area contributed by atoms with Crippen molar-refractivity contribution in [2.75, 3.05) is 33.4 Å². The van der Waals surface area contributed by atoms with Crippen LogP contribution in [0.1, 0.15) is 28.4 Å². The molecule has 0 spiro atoms. The molecule has 2 aromatic rings. The van der Waals surface area contributed by atoms with E-state index in [-0.39, 0.29) is 10.8 Å². The van der Waals surface area contributed by atoms with Crippen LogP contribution in [0.2, 0.25) is 0 Å². The summed E-state index contributed by atoms with van der Waals surface area (Å²) in [4.78, 5) is 14.5. The summed E-state index contributed by atoms with van der Waals surface area (Å²) in [6.07, 6.45) is 0.981. The lowest BCUT2D eigenvalue weighted by molar-refractivity contribution is 0.0730. The van der Waals surface area contributed by atoms with Crippen LogP contribution in [0.5, 0.6) is 0 Å². The SMILES string of the molecule is CCc1ccc(CN(C)C(=O)c2ccc(S(=O)(=O)N3CCOCC3)cc2)cc1. The van der Waals surface area contributed by atoms with Crippen LogP contribution in [0.4, 0.5) is 0 Å². The maximum atomic E-state index is 12.7. The first-order valence-corrected chi connectivity index (χ1v) is 10.9. The van der Waals surface area contributed by atoms with Gasteiger partial charge < -0.3 is 9.64 Å². The van der Waals surface area contributed by atoms with Gasteiger partial charge in [0.2, 0.25) is 10.0 Å². The summed E-state index contributed by atoms with van der Waals surface area (Å²) >= 11 is 0. The second-order valence-corrected chi connectivity index (χ2v) is 8.81. The number of sulfonamides is 1. The number of rotatable bonds is 6. The lowest BCUT2D eigenvalue weighted by Gasteiger charge is -2.26. The maximum absolute atomic E-state index is 12.7. The second kappa shape index (κ2) is 8.86. The van der Waals surface area contributed by atoms with Crippen LogP contribution in [0.15, 0.2) is 53.4 Å². The van der Waals surface area contributed by atoms with Crippen LogP contribution in [0.3, 0.4) is 0 Å². The van der Waals surface area contributed by atoms with Crippen molar-refractivity contribution in [1.82, 2.24) is 9.21 Å². The van der Waals surface area contributed by atoms with Gasteiger partial charge in [0.1, 0.15) is 0 Å². The Balaban J connectivity index is 1.68. The minimum absolute atomic E-state index is 0.144. The fraction of sp³-hybridized carbons (Fsp3) is 0.381. The predicted octanol–water partition coefficient (Wildman–Crippen LogP) is 2.54. The van der Waals surface area contributed by atoms with Crippen molar-refractivity contribution < 1.29 is 17.9 Å². The van der Waals surface area contributed by atoms with Crippen LogP contribution in [-0.2, 0) is 27.7 Å². The summed E-state index contributed by atoms with van der Waals surface area (Å²) in [5.41, 5.74) is 2.78. The lowest BCUT2D eigenvalue weighted by atomic mass is 10.1. The highest BCUT2D eigenvalue weighted by Crippen LogP contribution is 2.18. The van der Waals surface area contributed by atoms with E-state index in [4.69, 9.17) is 4.74 Å².